The van der Waals surface area contributed by atoms with Crippen LogP contribution in [0.5, 0.6) is 0 Å². The molecule has 4 atom stereocenters. The Morgan fingerprint density at radius 1 is 1.38 bits per heavy atom. The number of rotatable bonds is 4. The molecular weight excluding hydrogens is 200 g/mol. The summed E-state index contributed by atoms with van der Waals surface area (Å²) in [4.78, 5) is 0. The van der Waals surface area contributed by atoms with Gasteiger partial charge in [-0.1, -0.05) is 6.42 Å². The molecule has 2 nitrogen and oxygen atoms in total. The van der Waals surface area contributed by atoms with Gasteiger partial charge in [-0.05, 0) is 55.1 Å². The van der Waals surface area contributed by atoms with E-state index in [0.29, 0.717) is 0 Å². The first-order chi connectivity index (χ1) is 7.81. The number of hydrogen-bond acceptors (Lipinski definition) is 2. The molecule has 0 aliphatic heterocycles. The molecule has 1 aromatic heterocycles. The van der Waals surface area contributed by atoms with Crippen molar-refractivity contribution in [2.45, 2.75) is 44.6 Å². The van der Waals surface area contributed by atoms with Gasteiger partial charge in [-0.15, -0.1) is 0 Å². The van der Waals surface area contributed by atoms with Crippen molar-refractivity contribution in [3.63, 3.8) is 0 Å². The summed E-state index contributed by atoms with van der Waals surface area (Å²) in [5.41, 5.74) is 1.12. The molecule has 1 N–H and O–H groups in total. The quantitative estimate of drug-likeness (QED) is 0.846. The largest absolute Gasteiger partial charge is 0.472 e. The van der Waals surface area contributed by atoms with Gasteiger partial charge in [0.1, 0.15) is 0 Å². The average molecular weight is 220 g/mol. The Labute approximate surface area is 96.7 Å². The lowest BCUT2D eigenvalue weighted by Gasteiger charge is -2.23. The van der Waals surface area contributed by atoms with E-state index in [1.165, 1.54) is 25.7 Å². The fourth-order valence-electron chi connectivity index (χ4n) is 3.78. The number of aliphatic hydroxyl groups is 1. The van der Waals surface area contributed by atoms with Crippen LogP contribution in [0.2, 0.25) is 0 Å². The molecule has 88 valence electrons. The van der Waals surface area contributed by atoms with E-state index in [2.05, 4.69) is 0 Å². The molecule has 4 unspecified atom stereocenters. The van der Waals surface area contributed by atoms with Crippen LogP contribution in [0, 0.1) is 17.8 Å². The molecule has 0 spiro atoms. The lowest BCUT2D eigenvalue weighted by Crippen LogP contribution is -2.20. The summed E-state index contributed by atoms with van der Waals surface area (Å²) in [6.45, 7) is 0. The molecule has 1 heterocycles. The second-order valence-electron chi connectivity index (χ2n) is 5.66. The van der Waals surface area contributed by atoms with Gasteiger partial charge in [-0.3, -0.25) is 0 Å². The van der Waals surface area contributed by atoms with E-state index in [1.807, 2.05) is 6.07 Å². The average Bonchev–Trinajstić information content (AvgIpc) is 2.92. The highest BCUT2D eigenvalue weighted by atomic mass is 16.3. The van der Waals surface area contributed by atoms with Gasteiger partial charge in [-0.25, -0.2) is 0 Å². The SMILES string of the molecule is OC(Cc1ccoc1)CC1CC2CCC1C2. The fourth-order valence-corrected chi connectivity index (χ4v) is 3.78. The van der Waals surface area contributed by atoms with Crippen LogP contribution in [0.25, 0.3) is 0 Å². The lowest BCUT2D eigenvalue weighted by molar-refractivity contribution is 0.124. The monoisotopic (exact) mass is 220 g/mol. The molecule has 2 heteroatoms. The van der Waals surface area contributed by atoms with Crippen LogP contribution >= 0.6 is 0 Å². The van der Waals surface area contributed by atoms with Gasteiger partial charge < -0.3 is 9.52 Å². The first kappa shape index (κ1) is 10.4. The molecule has 2 saturated carbocycles. The van der Waals surface area contributed by atoms with Crippen molar-refractivity contribution >= 4 is 0 Å². The Morgan fingerprint density at radius 2 is 2.31 bits per heavy atom. The number of hydrogen-bond donors (Lipinski definition) is 1. The Bertz CT molecular complexity index is 331. The zero-order chi connectivity index (χ0) is 11.0. The summed E-state index contributed by atoms with van der Waals surface area (Å²) in [6.07, 6.45) is 10.6. The summed E-state index contributed by atoms with van der Waals surface area (Å²) in [6, 6.07) is 1.95. The maximum Gasteiger partial charge on any atom is 0.0935 e. The predicted molar refractivity (Wildman–Crippen MR) is 62.0 cm³/mol. The van der Waals surface area contributed by atoms with Gasteiger partial charge in [0.2, 0.25) is 0 Å². The third kappa shape index (κ3) is 2.03. The first-order valence-corrected chi connectivity index (χ1v) is 6.50. The van der Waals surface area contributed by atoms with E-state index < -0.39 is 0 Å². The summed E-state index contributed by atoms with van der Waals surface area (Å²) < 4.78 is 5.02. The minimum absolute atomic E-state index is 0.179. The molecule has 0 saturated heterocycles. The molecule has 3 rings (SSSR count). The van der Waals surface area contributed by atoms with Crippen molar-refractivity contribution in [1.29, 1.82) is 0 Å². The van der Waals surface area contributed by atoms with Gasteiger partial charge in [0.25, 0.3) is 0 Å². The maximum atomic E-state index is 10.1. The van der Waals surface area contributed by atoms with Gasteiger partial charge in [0.05, 0.1) is 18.6 Å². The smallest absolute Gasteiger partial charge is 0.0935 e. The van der Waals surface area contributed by atoms with Crippen LogP contribution in [0.4, 0.5) is 0 Å². The Hall–Kier alpha value is -0.760. The minimum Gasteiger partial charge on any atom is -0.472 e. The second kappa shape index (κ2) is 4.25. The van der Waals surface area contributed by atoms with Gasteiger partial charge in [0.15, 0.2) is 0 Å². The van der Waals surface area contributed by atoms with Gasteiger partial charge >= 0.3 is 0 Å². The van der Waals surface area contributed by atoms with Crippen LogP contribution in [0.15, 0.2) is 23.0 Å². The third-order valence-electron chi connectivity index (χ3n) is 4.51. The molecular formula is C14H20O2. The highest BCUT2D eigenvalue weighted by molar-refractivity contribution is 5.06. The molecule has 0 radical (unpaired) electrons. The normalized spacial score (nSPS) is 34.4. The van der Waals surface area contributed by atoms with E-state index >= 15 is 0 Å². The molecule has 2 aliphatic rings. The molecule has 0 aromatic carbocycles. The standard InChI is InChI=1S/C14H20O2/c15-14(7-11-3-4-16-9-11)8-13-6-10-1-2-12(13)5-10/h3-4,9-10,12-15H,1-2,5-8H2. The summed E-state index contributed by atoms with van der Waals surface area (Å²) >= 11 is 0. The maximum absolute atomic E-state index is 10.1. The van der Waals surface area contributed by atoms with Crippen LogP contribution in [0.3, 0.4) is 0 Å². The molecule has 16 heavy (non-hydrogen) atoms. The molecule has 2 bridgehead atoms. The van der Waals surface area contributed by atoms with Crippen LogP contribution in [-0.4, -0.2) is 11.2 Å². The van der Waals surface area contributed by atoms with E-state index in [0.717, 1.165) is 36.2 Å². The Morgan fingerprint density at radius 3 is 2.94 bits per heavy atom. The topological polar surface area (TPSA) is 33.4 Å². The van der Waals surface area contributed by atoms with E-state index in [1.54, 1.807) is 12.5 Å². The highest BCUT2D eigenvalue weighted by Crippen LogP contribution is 2.49. The van der Waals surface area contributed by atoms with Crippen LogP contribution in [-0.2, 0) is 6.42 Å². The van der Waals surface area contributed by atoms with Crippen molar-refractivity contribution in [2.75, 3.05) is 0 Å². The van der Waals surface area contributed by atoms with E-state index in [9.17, 15) is 5.11 Å². The van der Waals surface area contributed by atoms with Gasteiger partial charge in [0, 0.05) is 6.42 Å². The van der Waals surface area contributed by atoms with Crippen LogP contribution < -0.4 is 0 Å². The van der Waals surface area contributed by atoms with Crippen molar-refractivity contribution < 1.29 is 9.52 Å². The summed E-state index contributed by atoms with van der Waals surface area (Å²) in [5.74, 6) is 2.70. The summed E-state index contributed by atoms with van der Waals surface area (Å²) in [5, 5.41) is 10.1. The van der Waals surface area contributed by atoms with Crippen molar-refractivity contribution in [2.24, 2.45) is 17.8 Å². The molecule has 2 fully saturated rings. The lowest BCUT2D eigenvalue weighted by atomic mass is 9.84. The second-order valence-corrected chi connectivity index (χ2v) is 5.66. The van der Waals surface area contributed by atoms with Gasteiger partial charge in [-0.2, -0.15) is 0 Å². The van der Waals surface area contributed by atoms with E-state index in [4.69, 9.17) is 4.42 Å². The minimum atomic E-state index is -0.179. The van der Waals surface area contributed by atoms with E-state index in [-0.39, 0.29) is 6.10 Å². The number of fused-ring (bicyclic) bond motifs is 2. The van der Waals surface area contributed by atoms with Crippen LogP contribution in [0.1, 0.15) is 37.7 Å². The first-order valence-electron chi connectivity index (χ1n) is 6.50. The summed E-state index contributed by atoms with van der Waals surface area (Å²) in [7, 11) is 0. The molecule has 0 amide bonds. The number of aliphatic hydroxyl groups excluding tert-OH is 1. The highest BCUT2D eigenvalue weighted by Gasteiger charge is 2.39. The zero-order valence-electron chi connectivity index (χ0n) is 9.64. The molecule has 2 aliphatic carbocycles. The Balaban J connectivity index is 1.51. The number of furan rings is 1. The Kier molecular flexibility index (Phi) is 2.76. The van der Waals surface area contributed by atoms with Crippen molar-refractivity contribution in [3.8, 4) is 0 Å². The van der Waals surface area contributed by atoms with Crippen molar-refractivity contribution in [1.82, 2.24) is 0 Å². The molecule has 1 aromatic rings. The third-order valence-corrected chi connectivity index (χ3v) is 4.51. The van der Waals surface area contributed by atoms with Crippen molar-refractivity contribution in [3.05, 3.63) is 24.2 Å². The zero-order valence-corrected chi connectivity index (χ0v) is 9.64. The predicted octanol–water partition coefficient (Wildman–Crippen LogP) is 3.01. The fraction of sp³-hybridized carbons (Fsp3) is 0.714.